The molecule has 2 unspecified atom stereocenters. The Kier molecular flexibility index (Phi) is 11.2. The predicted molar refractivity (Wildman–Crippen MR) is 159 cm³/mol. The summed E-state index contributed by atoms with van der Waals surface area (Å²) < 4.78 is 21.8. The summed E-state index contributed by atoms with van der Waals surface area (Å²) in [6, 6.07) is 13.2. The first-order chi connectivity index (χ1) is 19.0. The Morgan fingerprint density at radius 3 is 1.43 bits per heavy atom. The number of carbonyl (C=O) groups is 2. The lowest BCUT2D eigenvalue weighted by molar-refractivity contribution is 0.0449. The molecule has 0 fully saturated rings. The molecule has 0 spiro atoms. The van der Waals surface area contributed by atoms with E-state index in [4.69, 9.17) is 65.4 Å². The number of esters is 2. The number of rotatable bonds is 11. The van der Waals surface area contributed by atoms with Gasteiger partial charge in [0, 0.05) is 5.69 Å². The summed E-state index contributed by atoms with van der Waals surface area (Å²) in [7, 11) is 2.79. The van der Waals surface area contributed by atoms with E-state index in [-0.39, 0.29) is 68.0 Å². The lowest BCUT2D eigenvalue weighted by atomic mass is 10.1. The largest absolute Gasteiger partial charge is 0.494 e. The van der Waals surface area contributed by atoms with Crippen LogP contribution in [0.3, 0.4) is 0 Å². The van der Waals surface area contributed by atoms with Crippen LogP contribution in [0.2, 0.25) is 20.1 Å². The molecule has 0 aliphatic heterocycles. The van der Waals surface area contributed by atoms with Crippen LogP contribution in [0.5, 0.6) is 11.5 Å². The van der Waals surface area contributed by atoms with Crippen LogP contribution in [0, 0.1) is 6.92 Å². The minimum Gasteiger partial charge on any atom is -0.494 e. The van der Waals surface area contributed by atoms with Crippen LogP contribution in [0.4, 0.5) is 5.69 Å². The van der Waals surface area contributed by atoms with Crippen molar-refractivity contribution < 1.29 is 28.5 Å². The Labute approximate surface area is 253 Å². The topological polar surface area (TPSA) is 74.3 Å². The summed E-state index contributed by atoms with van der Waals surface area (Å²) in [4.78, 5) is 28.0. The second-order valence-electron chi connectivity index (χ2n) is 9.01. The third-order valence-corrected chi connectivity index (χ3v) is 7.35. The van der Waals surface area contributed by atoms with Crippen LogP contribution in [0.25, 0.3) is 0 Å². The molecule has 0 radical (unpaired) electrons. The number of anilines is 1. The predicted octanol–water partition coefficient (Wildman–Crippen LogP) is 7.92. The van der Waals surface area contributed by atoms with Gasteiger partial charge in [0.25, 0.3) is 0 Å². The van der Waals surface area contributed by atoms with Crippen molar-refractivity contribution in [3.8, 4) is 11.5 Å². The van der Waals surface area contributed by atoms with Crippen LogP contribution in [0.15, 0.2) is 48.5 Å². The SMILES string of the molecule is COc1c(Cl)ccc(Cl)c1C(=O)OCC(C)N(c1ccc(C)cc1)C(C)COC(=O)c1c(Cl)ccc(Cl)c1OC. The summed E-state index contributed by atoms with van der Waals surface area (Å²) in [5.74, 6) is -1.08. The monoisotopic (exact) mass is 627 g/mol. The van der Waals surface area contributed by atoms with E-state index >= 15 is 0 Å². The Morgan fingerprint density at radius 2 is 1.05 bits per heavy atom. The number of nitrogens with zero attached hydrogens (tertiary/aromatic N) is 1. The van der Waals surface area contributed by atoms with Crippen molar-refractivity contribution >= 4 is 64.0 Å². The maximum absolute atomic E-state index is 13.0. The van der Waals surface area contributed by atoms with Gasteiger partial charge in [-0.3, -0.25) is 0 Å². The maximum atomic E-state index is 13.0. The van der Waals surface area contributed by atoms with Crippen molar-refractivity contribution in [3.05, 3.63) is 85.3 Å². The fraction of sp³-hybridized carbons (Fsp3) is 0.310. The summed E-state index contributed by atoms with van der Waals surface area (Å²) in [6.07, 6.45) is 0. The average Bonchev–Trinajstić information content (AvgIpc) is 2.93. The molecule has 0 amide bonds. The quantitative estimate of drug-likeness (QED) is 0.200. The highest BCUT2D eigenvalue weighted by molar-refractivity contribution is 6.37. The molecule has 0 saturated heterocycles. The lowest BCUT2D eigenvalue weighted by Crippen LogP contribution is -2.45. The van der Waals surface area contributed by atoms with Crippen molar-refractivity contribution in [2.24, 2.45) is 0 Å². The molecule has 40 heavy (non-hydrogen) atoms. The van der Waals surface area contributed by atoms with Crippen molar-refractivity contribution in [2.45, 2.75) is 32.9 Å². The molecule has 214 valence electrons. The van der Waals surface area contributed by atoms with E-state index in [2.05, 4.69) is 0 Å². The average molecular weight is 629 g/mol. The van der Waals surface area contributed by atoms with Gasteiger partial charge in [0.2, 0.25) is 0 Å². The van der Waals surface area contributed by atoms with Gasteiger partial charge >= 0.3 is 11.9 Å². The van der Waals surface area contributed by atoms with Gasteiger partial charge in [-0.25, -0.2) is 9.59 Å². The summed E-state index contributed by atoms with van der Waals surface area (Å²) >= 11 is 24.8. The molecule has 3 aromatic carbocycles. The molecule has 0 aliphatic carbocycles. The number of hydrogen-bond donors (Lipinski definition) is 0. The van der Waals surface area contributed by atoms with Gasteiger partial charge in [0.05, 0.1) is 46.4 Å². The van der Waals surface area contributed by atoms with Gasteiger partial charge in [0.1, 0.15) is 24.3 Å². The number of methoxy groups -OCH3 is 2. The highest BCUT2D eigenvalue weighted by Crippen LogP contribution is 2.36. The molecule has 3 aromatic rings. The summed E-state index contributed by atoms with van der Waals surface area (Å²) in [5, 5.41) is 0.787. The lowest BCUT2D eigenvalue weighted by Gasteiger charge is -2.36. The van der Waals surface area contributed by atoms with E-state index < -0.39 is 11.9 Å². The zero-order valence-corrected chi connectivity index (χ0v) is 25.6. The molecule has 2 atom stereocenters. The Morgan fingerprint density at radius 1 is 0.675 bits per heavy atom. The molecule has 11 heteroatoms. The van der Waals surface area contributed by atoms with Gasteiger partial charge < -0.3 is 23.8 Å². The first-order valence-electron chi connectivity index (χ1n) is 12.2. The summed E-state index contributed by atoms with van der Waals surface area (Å²) in [5.41, 5.74) is 2.00. The van der Waals surface area contributed by atoms with Crippen LogP contribution in [-0.2, 0) is 9.47 Å². The Hall–Kier alpha value is -2.84. The second-order valence-corrected chi connectivity index (χ2v) is 10.6. The zero-order chi connectivity index (χ0) is 29.6. The van der Waals surface area contributed by atoms with Gasteiger partial charge in [-0.1, -0.05) is 64.1 Å². The molecule has 7 nitrogen and oxygen atoms in total. The van der Waals surface area contributed by atoms with E-state index in [0.29, 0.717) is 0 Å². The summed E-state index contributed by atoms with van der Waals surface area (Å²) in [6.45, 7) is 5.74. The van der Waals surface area contributed by atoms with Gasteiger partial charge in [-0.05, 0) is 57.2 Å². The minimum atomic E-state index is -0.679. The third kappa shape index (κ3) is 7.26. The number of ether oxygens (including phenoxy) is 4. The fourth-order valence-electron chi connectivity index (χ4n) is 4.20. The highest BCUT2D eigenvalue weighted by atomic mass is 35.5. The molecule has 0 N–H and O–H groups in total. The number of aryl methyl sites for hydroxylation is 1. The van der Waals surface area contributed by atoms with Crippen LogP contribution >= 0.6 is 46.4 Å². The smallest absolute Gasteiger partial charge is 0.343 e. The molecule has 0 aromatic heterocycles. The number of benzene rings is 3. The Balaban J connectivity index is 1.80. The van der Waals surface area contributed by atoms with Crippen LogP contribution in [-0.4, -0.2) is 51.5 Å². The van der Waals surface area contributed by atoms with Crippen molar-refractivity contribution in [1.29, 1.82) is 0 Å². The van der Waals surface area contributed by atoms with Crippen molar-refractivity contribution in [3.63, 3.8) is 0 Å². The van der Waals surface area contributed by atoms with Gasteiger partial charge in [-0.2, -0.15) is 0 Å². The van der Waals surface area contributed by atoms with Crippen LogP contribution < -0.4 is 14.4 Å². The fourth-order valence-corrected chi connectivity index (χ4v) is 5.12. The first-order valence-corrected chi connectivity index (χ1v) is 13.7. The van der Waals surface area contributed by atoms with E-state index in [1.165, 1.54) is 38.5 Å². The molecule has 3 rings (SSSR count). The van der Waals surface area contributed by atoms with E-state index in [1.54, 1.807) is 0 Å². The van der Waals surface area contributed by atoms with E-state index in [9.17, 15) is 9.59 Å². The molecule has 0 bridgehead atoms. The molecule has 0 saturated carbocycles. The third-order valence-electron chi connectivity index (χ3n) is 6.13. The number of carbonyl (C=O) groups excluding carboxylic acids is 2. The normalized spacial score (nSPS) is 12.3. The highest BCUT2D eigenvalue weighted by Gasteiger charge is 2.27. The minimum absolute atomic E-state index is 0.00899. The van der Waals surface area contributed by atoms with Crippen LogP contribution in [0.1, 0.15) is 40.1 Å². The van der Waals surface area contributed by atoms with E-state index in [0.717, 1.165) is 11.3 Å². The van der Waals surface area contributed by atoms with Gasteiger partial charge in [-0.15, -0.1) is 0 Å². The number of halogens is 4. The second kappa shape index (κ2) is 14.2. The zero-order valence-electron chi connectivity index (χ0n) is 22.6. The van der Waals surface area contributed by atoms with E-state index in [1.807, 2.05) is 49.9 Å². The molecular formula is C29H29Cl4NO6. The molecule has 0 heterocycles. The molecular weight excluding hydrogens is 600 g/mol. The van der Waals surface area contributed by atoms with Gasteiger partial charge in [0.15, 0.2) is 11.5 Å². The number of hydrogen-bond acceptors (Lipinski definition) is 7. The first kappa shape index (κ1) is 31.7. The Bertz CT molecular complexity index is 1280. The van der Waals surface area contributed by atoms with Crippen molar-refractivity contribution in [2.75, 3.05) is 32.3 Å². The van der Waals surface area contributed by atoms with Crippen molar-refractivity contribution in [1.82, 2.24) is 0 Å². The molecule has 0 aliphatic rings. The standard InChI is InChI=1S/C29H29Cl4NO6/c1-16-6-8-19(9-7-16)34(17(2)14-39-28(35)24-20(30)10-12-22(32)26(24)37-4)18(3)15-40-29(36)25-21(31)11-13-23(33)27(25)38-5/h6-13,17-18H,14-15H2,1-5H3. The maximum Gasteiger partial charge on any atom is 0.343 e.